The lowest BCUT2D eigenvalue weighted by atomic mass is 9.79. The summed E-state index contributed by atoms with van der Waals surface area (Å²) < 4.78 is 26.0. The van der Waals surface area contributed by atoms with Crippen molar-refractivity contribution >= 4 is 50.9 Å². The molecule has 3 aliphatic carbocycles. The van der Waals surface area contributed by atoms with Crippen LogP contribution >= 0.6 is 23.2 Å². The van der Waals surface area contributed by atoms with Crippen LogP contribution in [0.1, 0.15) is 87.0 Å². The van der Waals surface area contributed by atoms with Gasteiger partial charge in [-0.25, -0.2) is 9.37 Å². The van der Waals surface area contributed by atoms with Crippen LogP contribution in [-0.2, 0) is 16.0 Å². The fourth-order valence-electron chi connectivity index (χ4n) is 9.01. The normalized spacial score (nSPS) is 26.4. The minimum absolute atomic E-state index is 0.00134. The van der Waals surface area contributed by atoms with Gasteiger partial charge in [-0.3, -0.25) is 4.79 Å². The van der Waals surface area contributed by atoms with Crippen molar-refractivity contribution in [2.75, 3.05) is 19.7 Å². The molecule has 1 unspecified atom stereocenters. The van der Waals surface area contributed by atoms with E-state index in [0.717, 1.165) is 49.9 Å². The highest BCUT2D eigenvalue weighted by molar-refractivity contribution is 6.43. The second kappa shape index (κ2) is 12.7. The topological polar surface area (TPSA) is 127 Å². The number of rotatable bonds is 10. The molecule has 9 nitrogen and oxygen atoms in total. The van der Waals surface area contributed by atoms with Crippen LogP contribution < -0.4 is 5.32 Å². The maximum atomic E-state index is 17.3. The standard InChI is InChI=1S/C40H39Cl2FN6O3/c1-20(50)35-27-15-31(30-14-24(52-19-40(18-45)9-10-40)17-48(30)39(51)21-7-8-21)49(37-23-13-29(37)46-16-23)38(27)26-12-22(4-3-11-44)32(34(43)36(26)47-35)25-5-2-6-28(41)33(25)42/h2,5-6,12,15,20-21,23-24,29-30,37,46,50H,3-4,7-10,13-14,16-17,19H2,1H3/t20?,23-,24+,29-,30-,37+/m1/s1. The molecule has 12 heteroatoms. The molecule has 2 N–H and O–H groups in total. The molecule has 2 aromatic heterocycles. The highest BCUT2D eigenvalue weighted by atomic mass is 35.5. The van der Waals surface area contributed by atoms with Crippen LogP contribution in [0.3, 0.4) is 0 Å². The van der Waals surface area contributed by atoms with E-state index in [-0.39, 0.29) is 70.0 Å². The molecule has 2 bridgehead atoms. The molecule has 6 atom stereocenters. The number of aliphatic hydroxyl groups is 1. The van der Waals surface area contributed by atoms with Crippen molar-refractivity contribution in [1.29, 1.82) is 10.5 Å². The number of benzene rings is 2. The summed E-state index contributed by atoms with van der Waals surface area (Å²) in [5, 5.41) is 36.0. The van der Waals surface area contributed by atoms with E-state index in [1.165, 1.54) is 0 Å². The Labute approximate surface area is 311 Å². The summed E-state index contributed by atoms with van der Waals surface area (Å²) in [6.45, 7) is 3.30. The molecule has 6 fully saturated rings. The fraction of sp³-hybridized carbons (Fsp3) is 0.500. The summed E-state index contributed by atoms with van der Waals surface area (Å²) in [6.07, 6.45) is 4.18. The zero-order valence-electron chi connectivity index (χ0n) is 28.8. The summed E-state index contributed by atoms with van der Waals surface area (Å²) in [5.41, 5.74) is 2.99. The molecular formula is C40H39Cl2FN6O3. The maximum Gasteiger partial charge on any atom is 0.226 e. The lowest BCUT2D eigenvalue weighted by Gasteiger charge is -2.39. The number of carbonyl (C=O) groups excluding carboxylic acids is 1. The van der Waals surface area contributed by atoms with Crippen LogP contribution in [0.15, 0.2) is 30.3 Å². The molecule has 52 heavy (non-hydrogen) atoms. The summed E-state index contributed by atoms with van der Waals surface area (Å²) >= 11 is 13.1. The summed E-state index contributed by atoms with van der Waals surface area (Å²) in [5.74, 6) is -0.126. The Balaban J connectivity index is 1.28. The average Bonchev–Trinajstić information content (AvgIpc) is 3.91. The van der Waals surface area contributed by atoms with Crippen molar-refractivity contribution in [2.45, 2.75) is 88.6 Å². The first-order chi connectivity index (χ1) is 25.1. The van der Waals surface area contributed by atoms with E-state index in [1.54, 1.807) is 25.1 Å². The van der Waals surface area contributed by atoms with Crippen LogP contribution in [0.25, 0.3) is 32.9 Å². The quantitative estimate of drug-likeness (QED) is 0.171. The van der Waals surface area contributed by atoms with Crippen molar-refractivity contribution < 1.29 is 19.0 Å². The maximum absolute atomic E-state index is 17.3. The number of pyridine rings is 1. The number of aliphatic hydroxyl groups excluding tert-OH is 1. The van der Waals surface area contributed by atoms with Crippen LogP contribution in [0.4, 0.5) is 4.39 Å². The van der Waals surface area contributed by atoms with Crippen LogP contribution in [-0.4, -0.2) is 57.3 Å². The third kappa shape index (κ3) is 5.41. The van der Waals surface area contributed by atoms with Crippen molar-refractivity contribution in [1.82, 2.24) is 19.8 Å². The van der Waals surface area contributed by atoms with E-state index in [1.807, 2.05) is 11.0 Å². The molecule has 2 aromatic carbocycles. The second-order valence-corrected chi connectivity index (χ2v) is 16.4. The molecule has 3 aliphatic heterocycles. The van der Waals surface area contributed by atoms with Gasteiger partial charge in [-0.15, -0.1) is 0 Å². The lowest BCUT2D eigenvalue weighted by molar-refractivity contribution is -0.134. The minimum Gasteiger partial charge on any atom is -0.387 e. The molecule has 268 valence electrons. The Kier molecular flexibility index (Phi) is 8.30. The minimum atomic E-state index is -1.02. The van der Waals surface area contributed by atoms with Crippen molar-refractivity contribution in [3.05, 3.63) is 63.1 Å². The molecule has 4 aromatic rings. The number of amides is 1. The monoisotopic (exact) mass is 740 g/mol. The number of halogens is 3. The van der Waals surface area contributed by atoms with Gasteiger partial charge in [0.2, 0.25) is 5.91 Å². The molecular weight excluding hydrogens is 702 g/mol. The summed E-state index contributed by atoms with van der Waals surface area (Å²) in [7, 11) is 0. The van der Waals surface area contributed by atoms with E-state index < -0.39 is 17.3 Å². The van der Waals surface area contributed by atoms with Gasteiger partial charge in [-0.2, -0.15) is 10.5 Å². The average molecular weight is 742 g/mol. The van der Waals surface area contributed by atoms with Crippen molar-refractivity contribution in [2.24, 2.45) is 17.3 Å². The SMILES string of the molecule is CC(O)c1nc2c(F)c(-c3cccc(Cl)c3Cl)c(CCC#N)cc2c2c1cc([C@H]1C[C@H](OCC3(C#N)CC3)CN1C(=O)C1CC1)n2[C@H]1[C@H]2CN[C@@H]1C2. The van der Waals surface area contributed by atoms with Crippen LogP contribution in [0, 0.1) is 45.7 Å². The number of nitriles is 2. The molecule has 5 heterocycles. The highest BCUT2D eigenvalue weighted by Gasteiger charge is 2.52. The van der Waals surface area contributed by atoms with Gasteiger partial charge in [0.15, 0.2) is 5.82 Å². The molecule has 0 spiro atoms. The number of carbonyl (C=O) groups is 1. The van der Waals surface area contributed by atoms with Gasteiger partial charge in [-0.1, -0.05) is 35.3 Å². The van der Waals surface area contributed by atoms with Gasteiger partial charge >= 0.3 is 0 Å². The Morgan fingerprint density at radius 1 is 1.21 bits per heavy atom. The Morgan fingerprint density at radius 3 is 2.67 bits per heavy atom. The van der Waals surface area contributed by atoms with Crippen LogP contribution in [0.2, 0.25) is 10.0 Å². The number of likely N-dealkylation sites (tertiary alicyclic amines) is 1. The first-order valence-corrected chi connectivity index (χ1v) is 19.1. The van der Waals surface area contributed by atoms with E-state index in [2.05, 4.69) is 28.1 Å². The first-order valence-electron chi connectivity index (χ1n) is 18.4. The van der Waals surface area contributed by atoms with E-state index in [0.29, 0.717) is 53.1 Å². The van der Waals surface area contributed by atoms with Crippen molar-refractivity contribution in [3.8, 4) is 23.3 Å². The lowest BCUT2D eigenvalue weighted by Crippen LogP contribution is -2.41. The first kappa shape index (κ1) is 34.0. The number of nitrogens with one attached hydrogen (secondary N) is 1. The second-order valence-electron chi connectivity index (χ2n) is 15.6. The third-order valence-electron chi connectivity index (χ3n) is 12.2. The van der Waals surface area contributed by atoms with Crippen molar-refractivity contribution in [3.63, 3.8) is 0 Å². The van der Waals surface area contributed by atoms with Gasteiger partial charge in [-0.05, 0) is 75.1 Å². The van der Waals surface area contributed by atoms with E-state index in [4.69, 9.17) is 32.9 Å². The molecule has 10 rings (SSSR count). The van der Waals surface area contributed by atoms with E-state index >= 15 is 4.39 Å². The molecule has 1 amide bonds. The molecule has 3 saturated heterocycles. The zero-order chi connectivity index (χ0) is 36.1. The fourth-order valence-corrected chi connectivity index (χ4v) is 9.41. The number of aryl methyl sites for hydroxylation is 1. The number of aromatic nitrogens is 2. The molecule has 0 radical (unpaired) electrons. The van der Waals surface area contributed by atoms with Gasteiger partial charge in [0.25, 0.3) is 0 Å². The van der Waals surface area contributed by atoms with Gasteiger partial charge in [0, 0.05) is 65.5 Å². The zero-order valence-corrected chi connectivity index (χ0v) is 30.4. The van der Waals surface area contributed by atoms with Gasteiger partial charge < -0.3 is 24.6 Å². The number of nitrogens with zero attached hydrogens (tertiary/aromatic N) is 5. The summed E-state index contributed by atoms with van der Waals surface area (Å²) in [6, 6.07) is 13.7. The number of hydrogen-bond acceptors (Lipinski definition) is 7. The molecule has 6 aliphatic rings. The smallest absolute Gasteiger partial charge is 0.226 e. The number of hydrogen-bond donors (Lipinski definition) is 2. The van der Waals surface area contributed by atoms with Gasteiger partial charge in [0.05, 0.1) is 69.7 Å². The summed E-state index contributed by atoms with van der Waals surface area (Å²) in [4.78, 5) is 20.8. The third-order valence-corrected chi connectivity index (χ3v) is 13.0. The Hall–Kier alpha value is -3.77. The predicted molar refractivity (Wildman–Crippen MR) is 195 cm³/mol. The van der Waals surface area contributed by atoms with Gasteiger partial charge in [0.1, 0.15) is 5.52 Å². The van der Waals surface area contributed by atoms with Crippen LogP contribution in [0.5, 0.6) is 0 Å². The van der Waals surface area contributed by atoms with E-state index in [9.17, 15) is 20.4 Å². The Morgan fingerprint density at radius 2 is 2.02 bits per heavy atom. The highest BCUT2D eigenvalue weighted by Crippen LogP contribution is 2.52. The Bertz CT molecular complexity index is 2220. The largest absolute Gasteiger partial charge is 0.387 e. The predicted octanol–water partition coefficient (Wildman–Crippen LogP) is 7.72. The number of ether oxygens (including phenoxy) is 1. The number of fused-ring (bicyclic) bond motifs is 4. The molecule has 3 saturated carbocycles.